The minimum Gasteiger partial charge on any atom is -0.348 e. The van der Waals surface area contributed by atoms with E-state index < -0.39 is 0 Å². The Balaban J connectivity index is 1.73. The first-order valence-corrected chi connectivity index (χ1v) is 8.97. The molecule has 0 aromatic heterocycles. The monoisotopic (exact) mass is 343 g/mol. The van der Waals surface area contributed by atoms with Crippen molar-refractivity contribution in [2.45, 2.75) is 32.7 Å². The van der Waals surface area contributed by atoms with Crippen LogP contribution < -0.4 is 5.32 Å². The van der Waals surface area contributed by atoms with Gasteiger partial charge in [-0.3, -0.25) is 4.79 Å². The summed E-state index contributed by atoms with van der Waals surface area (Å²) in [6, 6.07) is 26.3. The van der Waals surface area contributed by atoms with Crippen molar-refractivity contribution < 1.29 is 4.79 Å². The Bertz CT molecular complexity index is 874. The molecule has 0 aliphatic carbocycles. The lowest BCUT2D eigenvalue weighted by atomic mass is 9.87. The molecule has 0 saturated heterocycles. The van der Waals surface area contributed by atoms with Crippen LogP contribution in [0, 0.1) is 0 Å². The summed E-state index contributed by atoms with van der Waals surface area (Å²) in [5.74, 6) is -0.0478. The van der Waals surface area contributed by atoms with Crippen LogP contribution >= 0.6 is 0 Å². The average molecular weight is 343 g/mol. The summed E-state index contributed by atoms with van der Waals surface area (Å²) in [6.07, 6.45) is 0. The summed E-state index contributed by atoms with van der Waals surface area (Å²) < 4.78 is 0. The van der Waals surface area contributed by atoms with E-state index in [1.54, 1.807) is 0 Å². The molecule has 0 atom stereocenters. The van der Waals surface area contributed by atoms with Gasteiger partial charge in [0.25, 0.3) is 5.91 Å². The number of amides is 1. The second-order valence-electron chi connectivity index (χ2n) is 7.53. The summed E-state index contributed by atoms with van der Waals surface area (Å²) in [5.41, 5.74) is 5.42. The fourth-order valence-electron chi connectivity index (χ4n) is 2.97. The minimum absolute atomic E-state index is 0.0478. The zero-order valence-corrected chi connectivity index (χ0v) is 15.6. The molecule has 3 aromatic rings. The van der Waals surface area contributed by atoms with Gasteiger partial charge in [-0.1, -0.05) is 87.5 Å². The van der Waals surface area contributed by atoms with Crippen molar-refractivity contribution >= 4 is 5.91 Å². The lowest BCUT2D eigenvalue weighted by molar-refractivity contribution is 0.0951. The third kappa shape index (κ3) is 4.20. The van der Waals surface area contributed by atoms with E-state index in [1.165, 1.54) is 5.56 Å². The van der Waals surface area contributed by atoms with Crippen LogP contribution in [-0.4, -0.2) is 5.91 Å². The Labute approximate surface area is 155 Å². The molecule has 3 rings (SSSR count). The first-order valence-electron chi connectivity index (χ1n) is 8.97. The second kappa shape index (κ2) is 7.57. The Morgan fingerprint density at radius 3 is 2.08 bits per heavy atom. The van der Waals surface area contributed by atoms with E-state index in [2.05, 4.69) is 50.4 Å². The van der Waals surface area contributed by atoms with E-state index in [4.69, 9.17) is 0 Å². The third-order valence-electron chi connectivity index (χ3n) is 4.55. The van der Waals surface area contributed by atoms with Gasteiger partial charge in [-0.2, -0.15) is 0 Å². The van der Waals surface area contributed by atoms with Gasteiger partial charge in [-0.25, -0.2) is 0 Å². The van der Waals surface area contributed by atoms with E-state index in [0.717, 1.165) is 16.7 Å². The summed E-state index contributed by atoms with van der Waals surface area (Å²) in [6.45, 7) is 7.01. The van der Waals surface area contributed by atoms with Gasteiger partial charge in [0.15, 0.2) is 0 Å². The van der Waals surface area contributed by atoms with Gasteiger partial charge >= 0.3 is 0 Å². The Morgan fingerprint density at radius 1 is 0.808 bits per heavy atom. The number of benzene rings is 3. The van der Waals surface area contributed by atoms with Crippen LogP contribution in [0.2, 0.25) is 0 Å². The minimum atomic E-state index is -0.0478. The Morgan fingerprint density at radius 2 is 1.42 bits per heavy atom. The van der Waals surface area contributed by atoms with Crippen LogP contribution in [0.5, 0.6) is 0 Å². The number of rotatable bonds is 4. The van der Waals surface area contributed by atoms with Crippen molar-refractivity contribution in [3.05, 3.63) is 95.6 Å². The standard InChI is InChI=1S/C24H25NO/c1-24(2,3)21-15-13-19(14-16-21)23(26)25-17-20-11-7-8-12-22(20)18-9-5-4-6-10-18/h4-16H,17H2,1-3H3,(H,25,26). The molecular formula is C24H25NO. The molecule has 0 radical (unpaired) electrons. The van der Waals surface area contributed by atoms with Crippen LogP contribution in [0.3, 0.4) is 0 Å². The van der Waals surface area contributed by atoms with Gasteiger partial charge < -0.3 is 5.32 Å². The fourth-order valence-corrected chi connectivity index (χ4v) is 2.97. The third-order valence-corrected chi connectivity index (χ3v) is 4.55. The molecule has 0 fully saturated rings. The number of carbonyl (C=O) groups is 1. The Hall–Kier alpha value is -2.87. The molecular weight excluding hydrogens is 318 g/mol. The van der Waals surface area contributed by atoms with Gasteiger partial charge in [-0.15, -0.1) is 0 Å². The van der Waals surface area contributed by atoms with E-state index in [9.17, 15) is 4.79 Å². The molecule has 0 unspecified atom stereocenters. The molecule has 2 heteroatoms. The first-order chi connectivity index (χ1) is 12.4. The average Bonchev–Trinajstić information content (AvgIpc) is 2.66. The maximum atomic E-state index is 12.5. The van der Waals surface area contributed by atoms with Crippen molar-refractivity contribution in [3.63, 3.8) is 0 Å². The second-order valence-corrected chi connectivity index (χ2v) is 7.53. The molecule has 0 aliphatic rings. The molecule has 0 spiro atoms. The smallest absolute Gasteiger partial charge is 0.251 e. The van der Waals surface area contributed by atoms with Gasteiger partial charge in [0.2, 0.25) is 0 Å². The zero-order valence-electron chi connectivity index (χ0n) is 15.6. The molecule has 0 aliphatic heterocycles. The van der Waals surface area contributed by atoms with Crippen LogP contribution in [0.1, 0.15) is 42.3 Å². The highest BCUT2D eigenvalue weighted by Gasteiger charge is 2.14. The largest absolute Gasteiger partial charge is 0.348 e. The SMILES string of the molecule is CC(C)(C)c1ccc(C(=O)NCc2ccccc2-c2ccccc2)cc1. The molecule has 2 nitrogen and oxygen atoms in total. The molecule has 0 heterocycles. The Kier molecular flexibility index (Phi) is 5.22. The normalized spacial score (nSPS) is 11.2. The fraction of sp³-hybridized carbons (Fsp3) is 0.208. The van der Waals surface area contributed by atoms with Crippen molar-refractivity contribution in [1.29, 1.82) is 0 Å². The van der Waals surface area contributed by atoms with E-state index >= 15 is 0 Å². The molecule has 132 valence electrons. The number of hydrogen-bond acceptors (Lipinski definition) is 1. The van der Waals surface area contributed by atoms with Crippen molar-refractivity contribution in [3.8, 4) is 11.1 Å². The van der Waals surface area contributed by atoms with Crippen molar-refractivity contribution in [2.24, 2.45) is 0 Å². The van der Waals surface area contributed by atoms with Gasteiger partial charge in [0, 0.05) is 12.1 Å². The van der Waals surface area contributed by atoms with Gasteiger partial charge in [-0.05, 0) is 39.8 Å². The van der Waals surface area contributed by atoms with E-state index in [-0.39, 0.29) is 11.3 Å². The first kappa shape index (κ1) is 17.9. The lowest BCUT2D eigenvalue weighted by Gasteiger charge is -2.19. The van der Waals surface area contributed by atoms with Crippen LogP contribution in [0.25, 0.3) is 11.1 Å². The number of hydrogen-bond donors (Lipinski definition) is 1. The number of nitrogens with one attached hydrogen (secondary N) is 1. The molecule has 1 N–H and O–H groups in total. The molecule has 1 amide bonds. The molecule has 26 heavy (non-hydrogen) atoms. The van der Waals surface area contributed by atoms with Crippen molar-refractivity contribution in [1.82, 2.24) is 5.32 Å². The molecule has 0 bridgehead atoms. The van der Waals surface area contributed by atoms with Gasteiger partial charge in [0.1, 0.15) is 0 Å². The summed E-state index contributed by atoms with van der Waals surface area (Å²) in [5, 5.41) is 3.04. The highest BCUT2D eigenvalue weighted by molar-refractivity contribution is 5.94. The quantitative estimate of drug-likeness (QED) is 0.658. The van der Waals surface area contributed by atoms with Crippen molar-refractivity contribution in [2.75, 3.05) is 0 Å². The van der Waals surface area contributed by atoms with Crippen LogP contribution in [0.15, 0.2) is 78.9 Å². The van der Waals surface area contributed by atoms with E-state index in [0.29, 0.717) is 12.1 Å². The highest BCUT2D eigenvalue weighted by Crippen LogP contribution is 2.24. The molecule has 0 saturated carbocycles. The maximum absolute atomic E-state index is 12.5. The van der Waals surface area contributed by atoms with Gasteiger partial charge in [0.05, 0.1) is 0 Å². The van der Waals surface area contributed by atoms with E-state index in [1.807, 2.05) is 54.6 Å². The predicted molar refractivity (Wildman–Crippen MR) is 108 cm³/mol. The lowest BCUT2D eigenvalue weighted by Crippen LogP contribution is -2.23. The number of carbonyl (C=O) groups excluding carboxylic acids is 1. The maximum Gasteiger partial charge on any atom is 0.251 e. The zero-order chi connectivity index (χ0) is 18.6. The summed E-state index contributed by atoms with van der Waals surface area (Å²) >= 11 is 0. The predicted octanol–water partition coefficient (Wildman–Crippen LogP) is 5.58. The summed E-state index contributed by atoms with van der Waals surface area (Å²) in [7, 11) is 0. The topological polar surface area (TPSA) is 29.1 Å². The molecule has 3 aromatic carbocycles. The van der Waals surface area contributed by atoms with Crippen LogP contribution in [-0.2, 0) is 12.0 Å². The van der Waals surface area contributed by atoms with Crippen LogP contribution in [0.4, 0.5) is 0 Å². The highest BCUT2D eigenvalue weighted by atomic mass is 16.1. The summed E-state index contributed by atoms with van der Waals surface area (Å²) in [4.78, 5) is 12.5.